The number of anilines is 1. The second-order valence-electron chi connectivity index (χ2n) is 9.75. The van der Waals surface area contributed by atoms with Gasteiger partial charge in [-0.15, -0.1) is 13.2 Å². The van der Waals surface area contributed by atoms with Crippen LogP contribution in [-0.2, 0) is 14.3 Å². The number of carbonyl (C=O) groups is 3. The van der Waals surface area contributed by atoms with E-state index in [2.05, 4.69) is 20.4 Å². The molecule has 1 aliphatic heterocycles. The number of hydrogen-bond donors (Lipinski definition) is 2. The van der Waals surface area contributed by atoms with Crippen LogP contribution in [0.15, 0.2) is 36.4 Å². The van der Waals surface area contributed by atoms with Crippen LogP contribution < -0.4 is 20.1 Å². The van der Waals surface area contributed by atoms with Gasteiger partial charge >= 0.3 is 12.5 Å². The SMILES string of the molecule is CC(C)(C)OC(=O)N1CC(NC(=O)COc2ccc(Cl)c(F)c2)CCC1C(=O)Nc1cccc(OC(F)(F)F)n1. The van der Waals surface area contributed by atoms with E-state index in [9.17, 15) is 31.9 Å². The van der Waals surface area contributed by atoms with Crippen LogP contribution in [0.2, 0.25) is 5.02 Å². The molecule has 0 spiro atoms. The van der Waals surface area contributed by atoms with Gasteiger partial charge in [0, 0.05) is 24.7 Å². The highest BCUT2D eigenvalue weighted by Crippen LogP contribution is 2.25. The number of halogens is 5. The van der Waals surface area contributed by atoms with Crippen molar-refractivity contribution in [3.63, 3.8) is 0 Å². The summed E-state index contributed by atoms with van der Waals surface area (Å²) in [6.45, 7) is 4.34. The van der Waals surface area contributed by atoms with Crippen molar-refractivity contribution in [1.29, 1.82) is 0 Å². The molecule has 1 fully saturated rings. The minimum Gasteiger partial charge on any atom is -0.484 e. The molecular weight excluding hydrogens is 564 g/mol. The quantitative estimate of drug-likeness (QED) is 0.450. The zero-order valence-electron chi connectivity index (χ0n) is 21.7. The Bertz CT molecular complexity index is 1240. The van der Waals surface area contributed by atoms with Gasteiger partial charge in [-0.3, -0.25) is 14.5 Å². The monoisotopic (exact) mass is 590 g/mol. The number of nitrogens with one attached hydrogen (secondary N) is 2. The number of benzene rings is 1. The molecule has 2 N–H and O–H groups in total. The molecule has 2 aromatic rings. The average Bonchev–Trinajstić information content (AvgIpc) is 2.83. The highest BCUT2D eigenvalue weighted by atomic mass is 35.5. The van der Waals surface area contributed by atoms with E-state index in [0.717, 1.165) is 17.0 Å². The minimum absolute atomic E-state index is 0.0814. The first kappa shape index (κ1) is 30.7. The van der Waals surface area contributed by atoms with Crippen molar-refractivity contribution >= 4 is 35.3 Å². The lowest BCUT2D eigenvalue weighted by Gasteiger charge is -2.39. The summed E-state index contributed by atoms with van der Waals surface area (Å²) in [5.41, 5.74) is -0.902. The van der Waals surface area contributed by atoms with Crippen LogP contribution in [-0.4, -0.2) is 65.0 Å². The van der Waals surface area contributed by atoms with Crippen molar-refractivity contribution in [2.24, 2.45) is 0 Å². The maximum atomic E-state index is 13.6. The molecule has 3 amide bonds. The summed E-state index contributed by atoms with van der Waals surface area (Å²) in [5.74, 6) is -2.89. The third-order valence-corrected chi connectivity index (χ3v) is 5.64. The molecule has 3 rings (SSSR count). The first-order valence-corrected chi connectivity index (χ1v) is 12.4. The molecule has 1 saturated heterocycles. The average molecular weight is 591 g/mol. The van der Waals surface area contributed by atoms with E-state index < -0.39 is 60.3 Å². The van der Waals surface area contributed by atoms with Gasteiger partial charge in [-0.05, 0) is 51.8 Å². The van der Waals surface area contributed by atoms with Gasteiger partial charge in [0.25, 0.3) is 5.91 Å². The van der Waals surface area contributed by atoms with Gasteiger partial charge in [0.2, 0.25) is 11.8 Å². The van der Waals surface area contributed by atoms with Crippen LogP contribution in [0.5, 0.6) is 11.6 Å². The van der Waals surface area contributed by atoms with Gasteiger partial charge < -0.3 is 24.8 Å². The number of rotatable bonds is 7. The van der Waals surface area contributed by atoms with E-state index in [-0.39, 0.29) is 36.0 Å². The predicted molar refractivity (Wildman–Crippen MR) is 134 cm³/mol. The Morgan fingerprint density at radius 2 is 1.85 bits per heavy atom. The Hall–Kier alpha value is -3.81. The normalized spacial score (nSPS) is 17.6. The topological polar surface area (TPSA) is 119 Å². The molecule has 2 atom stereocenters. The molecule has 40 heavy (non-hydrogen) atoms. The summed E-state index contributed by atoms with van der Waals surface area (Å²) >= 11 is 5.63. The van der Waals surface area contributed by atoms with Crippen LogP contribution in [0.25, 0.3) is 0 Å². The van der Waals surface area contributed by atoms with Crippen LogP contribution in [0.3, 0.4) is 0 Å². The summed E-state index contributed by atoms with van der Waals surface area (Å²) in [6, 6.07) is 5.48. The smallest absolute Gasteiger partial charge is 0.484 e. The molecule has 10 nitrogen and oxygen atoms in total. The lowest BCUT2D eigenvalue weighted by atomic mass is 9.97. The third-order valence-electron chi connectivity index (χ3n) is 5.33. The summed E-state index contributed by atoms with van der Waals surface area (Å²) in [5, 5.41) is 5.00. The molecule has 1 aliphatic rings. The fourth-order valence-corrected chi connectivity index (χ4v) is 3.86. The molecule has 1 aromatic carbocycles. The third kappa shape index (κ3) is 9.43. The van der Waals surface area contributed by atoms with Crippen LogP contribution >= 0.6 is 11.6 Å². The minimum atomic E-state index is -4.97. The first-order chi connectivity index (χ1) is 18.6. The Morgan fingerprint density at radius 3 is 2.50 bits per heavy atom. The molecule has 0 aliphatic carbocycles. The van der Waals surface area contributed by atoms with Crippen molar-refractivity contribution < 1.29 is 46.2 Å². The highest BCUT2D eigenvalue weighted by molar-refractivity contribution is 6.30. The highest BCUT2D eigenvalue weighted by Gasteiger charge is 2.39. The Kier molecular flexibility index (Phi) is 9.66. The van der Waals surface area contributed by atoms with Crippen molar-refractivity contribution in [2.75, 3.05) is 18.5 Å². The lowest BCUT2D eigenvalue weighted by Crippen LogP contribution is -2.58. The van der Waals surface area contributed by atoms with Gasteiger partial charge in [-0.25, -0.2) is 9.18 Å². The Labute approximate surface area is 231 Å². The molecule has 0 bridgehead atoms. The number of piperidine rings is 1. The second-order valence-corrected chi connectivity index (χ2v) is 10.2. The number of hydrogen-bond acceptors (Lipinski definition) is 7. The first-order valence-electron chi connectivity index (χ1n) is 12.0. The summed E-state index contributed by atoms with van der Waals surface area (Å²) < 4.78 is 65.7. The van der Waals surface area contributed by atoms with Crippen LogP contribution in [0, 0.1) is 5.82 Å². The number of amides is 3. The molecule has 2 unspecified atom stereocenters. The Morgan fingerprint density at radius 1 is 1.12 bits per heavy atom. The largest absolute Gasteiger partial charge is 0.574 e. The number of alkyl halides is 3. The predicted octanol–water partition coefficient (Wildman–Crippen LogP) is 4.67. The van der Waals surface area contributed by atoms with Crippen molar-refractivity contribution in [3.8, 4) is 11.6 Å². The number of aromatic nitrogens is 1. The van der Waals surface area contributed by atoms with Crippen molar-refractivity contribution in [2.45, 2.75) is 57.7 Å². The summed E-state index contributed by atoms with van der Waals surface area (Å²) in [4.78, 5) is 43.3. The van der Waals surface area contributed by atoms with E-state index in [4.69, 9.17) is 21.1 Å². The molecule has 2 heterocycles. The summed E-state index contributed by atoms with van der Waals surface area (Å²) in [7, 11) is 0. The van der Waals surface area contributed by atoms with Crippen molar-refractivity contribution in [1.82, 2.24) is 15.2 Å². The second kappa shape index (κ2) is 12.6. The van der Waals surface area contributed by atoms with E-state index >= 15 is 0 Å². The van der Waals surface area contributed by atoms with Gasteiger partial charge in [0.15, 0.2) is 6.61 Å². The zero-order chi connectivity index (χ0) is 29.7. The fraction of sp³-hybridized carbons (Fsp3) is 0.440. The van der Waals surface area contributed by atoms with E-state index in [1.807, 2.05) is 0 Å². The standard InChI is InChI=1S/C25H27ClF4N4O6/c1-24(2,3)40-23(37)34-12-14(31-20(35)13-38-15-8-9-16(26)17(27)11-15)7-10-18(34)22(36)33-19-5-4-6-21(32-19)39-25(28,29)30/h4-6,8-9,11,14,18H,7,10,12-13H2,1-3H3,(H,31,35)(H,32,33,36). The van der Waals surface area contributed by atoms with Crippen molar-refractivity contribution in [3.05, 3.63) is 47.2 Å². The number of likely N-dealkylation sites (tertiary alicyclic amines) is 1. The molecule has 0 radical (unpaired) electrons. The number of nitrogens with zero attached hydrogens (tertiary/aromatic N) is 2. The molecule has 1 aromatic heterocycles. The maximum absolute atomic E-state index is 13.6. The fourth-order valence-electron chi connectivity index (χ4n) is 3.74. The summed E-state index contributed by atoms with van der Waals surface area (Å²) in [6.07, 6.45) is -5.45. The molecule has 0 saturated carbocycles. The van der Waals surface area contributed by atoms with Gasteiger partial charge in [-0.2, -0.15) is 4.98 Å². The van der Waals surface area contributed by atoms with Gasteiger partial charge in [0.05, 0.1) is 5.02 Å². The number of pyridine rings is 1. The molecular formula is C25H27ClF4N4O6. The number of carbonyl (C=O) groups excluding carboxylic acids is 3. The van der Waals surface area contributed by atoms with Crippen LogP contribution in [0.1, 0.15) is 33.6 Å². The molecule has 15 heteroatoms. The van der Waals surface area contributed by atoms with E-state index in [1.165, 1.54) is 24.3 Å². The number of ether oxygens (including phenoxy) is 3. The maximum Gasteiger partial charge on any atom is 0.574 e. The van der Waals surface area contributed by atoms with Gasteiger partial charge in [-0.1, -0.05) is 17.7 Å². The van der Waals surface area contributed by atoms with Crippen LogP contribution in [0.4, 0.5) is 28.2 Å². The van der Waals surface area contributed by atoms with E-state index in [1.54, 1.807) is 20.8 Å². The Balaban J connectivity index is 1.66. The van der Waals surface area contributed by atoms with E-state index in [0.29, 0.717) is 0 Å². The van der Waals surface area contributed by atoms with Gasteiger partial charge in [0.1, 0.15) is 29.0 Å². The molecule has 218 valence electrons. The lowest BCUT2D eigenvalue weighted by molar-refractivity contribution is -0.276. The zero-order valence-corrected chi connectivity index (χ0v) is 22.4.